The number of benzene rings is 3. The Labute approximate surface area is 257 Å². The molecular weight excluding hydrogens is 556 g/mol. The van der Waals surface area contributed by atoms with Crippen molar-refractivity contribution in [1.82, 2.24) is 0 Å². The molecule has 0 fully saturated rings. The average Bonchev–Trinajstić information content (AvgIpc) is 2.77. The first-order chi connectivity index (χ1) is 15.6. The molecule has 0 saturated heterocycles. The third kappa shape index (κ3) is 9.28. The monoisotopic (exact) mass is 575 g/mol. The maximum absolute atomic E-state index is 12.3. The van der Waals surface area contributed by atoms with Crippen LogP contribution in [-0.4, -0.2) is 33.7 Å². The molecule has 0 aliphatic rings. The largest absolute Gasteiger partial charge is 1.00 e. The maximum atomic E-state index is 12.3. The minimum absolute atomic E-state index is 0. The van der Waals surface area contributed by atoms with E-state index < -0.39 is 24.9 Å². The van der Waals surface area contributed by atoms with Gasteiger partial charge in [-0.05, 0) is 36.4 Å². The summed E-state index contributed by atoms with van der Waals surface area (Å²) in [5.41, 5.74) is 6.62. The van der Waals surface area contributed by atoms with E-state index in [0.29, 0.717) is 11.1 Å². The third-order valence-electron chi connectivity index (χ3n) is 4.29. The quantitative estimate of drug-likeness (QED) is 0.0378. The van der Waals surface area contributed by atoms with Gasteiger partial charge in [0, 0.05) is 10.8 Å². The molecule has 0 amide bonds. The van der Waals surface area contributed by atoms with Crippen LogP contribution in [0.2, 0.25) is 0 Å². The van der Waals surface area contributed by atoms with Gasteiger partial charge in [-0.25, -0.2) is 16.8 Å². The van der Waals surface area contributed by atoms with E-state index in [-0.39, 0.29) is 113 Å². The van der Waals surface area contributed by atoms with Crippen LogP contribution in [0.25, 0.3) is 10.8 Å². The van der Waals surface area contributed by atoms with Crippen LogP contribution in [0.1, 0.15) is 7.43 Å². The molecular formula is C19H19N3Na2O9S3. The molecule has 0 saturated carbocycles. The van der Waals surface area contributed by atoms with Gasteiger partial charge in [0.1, 0.15) is 15.8 Å². The summed E-state index contributed by atoms with van der Waals surface area (Å²) in [7, 11) is -8.39. The van der Waals surface area contributed by atoms with E-state index in [0.717, 1.165) is 0 Å². The number of nitrogens with two attached hydrogens (primary N) is 1. The van der Waals surface area contributed by atoms with Crippen molar-refractivity contribution in [2.24, 2.45) is 10.2 Å². The molecule has 184 valence electrons. The molecule has 36 heavy (non-hydrogen) atoms. The summed E-state index contributed by atoms with van der Waals surface area (Å²) in [6, 6.07) is 12.4. The van der Waals surface area contributed by atoms with E-state index in [1.807, 2.05) is 0 Å². The van der Waals surface area contributed by atoms with Gasteiger partial charge >= 0.3 is 59.1 Å². The van der Waals surface area contributed by atoms with Gasteiger partial charge in [0.05, 0.1) is 33.5 Å². The number of fused-ring (bicyclic) bond motifs is 1. The molecule has 3 aromatic rings. The normalized spacial score (nSPS) is 11.5. The molecule has 0 bridgehead atoms. The zero-order chi connectivity index (χ0) is 24.1. The number of rotatable bonds is 10. The second kappa shape index (κ2) is 15.7. The zero-order valence-corrected chi connectivity index (χ0v) is 24.9. The van der Waals surface area contributed by atoms with Crippen molar-refractivity contribution in [3.05, 3.63) is 54.6 Å². The van der Waals surface area contributed by atoms with Crippen molar-refractivity contribution in [2.75, 3.05) is 18.1 Å². The summed E-state index contributed by atoms with van der Waals surface area (Å²) < 4.78 is 67.7. The topological polar surface area (TPSA) is 193 Å². The predicted octanol–water partition coefficient (Wildman–Crippen LogP) is -3.04. The zero-order valence-electron chi connectivity index (χ0n) is 18.5. The first-order valence-electron chi connectivity index (χ1n) is 8.90. The average molecular weight is 576 g/mol. The second-order valence-corrected chi connectivity index (χ2v) is 10.3. The number of nitrogens with zero attached hydrogens (tertiary/aromatic N) is 2. The standard InChI is InChI=1S/C18H17N3O9S3.CH4.2Na/c19-16-9-8-14-15(2-1-3-17(14)33(25,26)27)18(16)21-20-12-4-6-13(7-5-12)32(23,24)11-10-28-31-30-29-22;;;/h1-9,22H,10-11,19H2,(H,25,26,27);1H4;;/q;;2*+1/p-2. The molecule has 0 aliphatic carbocycles. The number of hydrogen-bond donors (Lipinski definition) is 1. The Morgan fingerprint density at radius 3 is 2.19 bits per heavy atom. The molecule has 0 unspecified atom stereocenters. The predicted molar refractivity (Wildman–Crippen MR) is 121 cm³/mol. The van der Waals surface area contributed by atoms with Crippen LogP contribution in [0.4, 0.5) is 17.1 Å². The Bertz CT molecular complexity index is 1390. The van der Waals surface area contributed by atoms with Gasteiger partial charge < -0.3 is 15.5 Å². The number of nitrogen functional groups attached to an aromatic ring is 1. The van der Waals surface area contributed by atoms with Crippen molar-refractivity contribution in [1.29, 1.82) is 0 Å². The van der Waals surface area contributed by atoms with Crippen molar-refractivity contribution in [3.8, 4) is 0 Å². The fourth-order valence-corrected chi connectivity index (χ4v) is 4.91. The van der Waals surface area contributed by atoms with Crippen LogP contribution in [0.3, 0.4) is 0 Å². The Balaban J connectivity index is 0.00000408. The third-order valence-corrected chi connectivity index (χ3v) is 7.26. The Hall–Kier alpha value is -0.630. The van der Waals surface area contributed by atoms with Gasteiger partial charge in [-0.1, -0.05) is 25.6 Å². The number of azo groups is 1. The van der Waals surface area contributed by atoms with Gasteiger partial charge in [0.15, 0.2) is 22.2 Å². The van der Waals surface area contributed by atoms with Gasteiger partial charge in [-0.15, -0.1) is 9.45 Å². The van der Waals surface area contributed by atoms with E-state index in [1.165, 1.54) is 48.5 Å². The van der Waals surface area contributed by atoms with Crippen LogP contribution in [0, 0.1) is 0 Å². The van der Waals surface area contributed by atoms with Crippen molar-refractivity contribution in [2.45, 2.75) is 17.2 Å². The first-order valence-corrected chi connectivity index (χ1v) is 12.6. The number of anilines is 1. The Morgan fingerprint density at radius 1 is 0.917 bits per heavy atom. The van der Waals surface area contributed by atoms with E-state index in [9.17, 15) is 26.6 Å². The Morgan fingerprint density at radius 2 is 1.58 bits per heavy atom. The molecule has 12 nitrogen and oxygen atoms in total. The van der Waals surface area contributed by atoms with E-state index >= 15 is 0 Å². The molecule has 0 heterocycles. The van der Waals surface area contributed by atoms with Crippen LogP contribution in [-0.2, 0) is 33.5 Å². The smallest absolute Gasteiger partial charge is 0.744 e. The minimum atomic E-state index is -4.71. The maximum Gasteiger partial charge on any atom is 1.00 e. The van der Waals surface area contributed by atoms with Crippen LogP contribution >= 0.6 is 12.3 Å². The second-order valence-electron chi connectivity index (χ2n) is 6.35. The van der Waals surface area contributed by atoms with Gasteiger partial charge in [0.25, 0.3) is 0 Å². The van der Waals surface area contributed by atoms with Crippen molar-refractivity contribution >= 4 is 60.1 Å². The fraction of sp³-hybridized carbons (Fsp3) is 0.158. The molecule has 3 rings (SSSR count). The summed E-state index contributed by atoms with van der Waals surface area (Å²) in [4.78, 5) is -0.397. The van der Waals surface area contributed by atoms with Crippen LogP contribution < -0.4 is 70.1 Å². The summed E-state index contributed by atoms with van der Waals surface area (Å²) in [6.07, 6.45) is 0. The van der Waals surface area contributed by atoms with Crippen molar-refractivity contribution < 1.29 is 99.3 Å². The van der Waals surface area contributed by atoms with Gasteiger partial charge in [-0.3, -0.25) is 9.22 Å². The summed E-state index contributed by atoms with van der Waals surface area (Å²) >= 11 is 0.213. The molecule has 3 aromatic carbocycles. The first kappa shape index (κ1) is 35.4. The van der Waals surface area contributed by atoms with Gasteiger partial charge in [-0.2, -0.15) is 5.11 Å². The summed E-state index contributed by atoms with van der Waals surface area (Å²) in [6.45, 7) is -0.251. The van der Waals surface area contributed by atoms with Crippen LogP contribution in [0.5, 0.6) is 0 Å². The molecule has 2 N–H and O–H groups in total. The summed E-state index contributed by atoms with van der Waals surface area (Å²) in [5.74, 6) is -0.374. The molecule has 0 atom stereocenters. The number of sulfone groups is 1. The van der Waals surface area contributed by atoms with E-state index in [4.69, 9.17) is 9.92 Å². The van der Waals surface area contributed by atoms with E-state index in [1.54, 1.807) is 6.07 Å². The molecule has 0 aliphatic heterocycles. The Kier molecular flexibility index (Phi) is 15.4. The molecule has 0 spiro atoms. The summed E-state index contributed by atoms with van der Waals surface area (Å²) in [5, 5.41) is 21.3. The van der Waals surface area contributed by atoms with Crippen LogP contribution in [0.15, 0.2) is 74.6 Å². The van der Waals surface area contributed by atoms with Gasteiger partial charge in [0.2, 0.25) is 0 Å². The fourth-order valence-electron chi connectivity index (χ4n) is 2.81. The van der Waals surface area contributed by atoms with E-state index in [2.05, 4.69) is 19.6 Å². The SMILES string of the molecule is C.Nc1ccc2c(S(=O)(=O)[O-])cccc2c1N=Nc1ccc(S(=O)(=O)CCOSOO[O-])cc1.[Na+].[Na+]. The molecule has 17 heteroatoms. The number of hydrogen-bond acceptors (Lipinski definition) is 13. The molecule has 0 aromatic heterocycles. The van der Waals surface area contributed by atoms with Crippen molar-refractivity contribution in [3.63, 3.8) is 0 Å². The molecule has 0 radical (unpaired) electrons. The minimum Gasteiger partial charge on any atom is -0.744 e.